The van der Waals surface area contributed by atoms with Crippen molar-refractivity contribution in [1.29, 1.82) is 0 Å². The first-order valence-corrected chi connectivity index (χ1v) is 9.21. The highest BCUT2D eigenvalue weighted by molar-refractivity contribution is 5.99. The van der Waals surface area contributed by atoms with Gasteiger partial charge in [0.2, 0.25) is 0 Å². The van der Waals surface area contributed by atoms with Gasteiger partial charge in [-0.2, -0.15) is 0 Å². The number of rotatable bonds is 5. The van der Waals surface area contributed by atoms with Crippen LogP contribution in [-0.4, -0.2) is 17.5 Å². The van der Waals surface area contributed by atoms with Gasteiger partial charge in [0.1, 0.15) is 0 Å². The number of nitrogens with zero attached hydrogens (tertiary/aromatic N) is 1. The van der Waals surface area contributed by atoms with Crippen molar-refractivity contribution in [3.8, 4) is 0 Å². The highest BCUT2D eigenvalue weighted by Gasteiger charge is 2.38. The van der Waals surface area contributed by atoms with E-state index in [4.69, 9.17) is 0 Å². The minimum Gasteiger partial charge on any atom is -0.294 e. The largest absolute Gasteiger partial charge is 0.294 e. The summed E-state index contributed by atoms with van der Waals surface area (Å²) in [5.74, 6) is -0.0721. The molecule has 0 N–H and O–H groups in total. The predicted octanol–water partition coefficient (Wildman–Crippen LogP) is 5.43. The molecule has 2 heteroatoms. The molecule has 0 saturated heterocycles. The Hall–Kier alpha value is -2.48. The molecule has 0 bridgehead atoms. The van der Waals surface area contributed by atoms with Crippen molar-refractivity contribution in [2.24, 2.45) is 10.9 Å². The van der Waals surface area contributed by atoms with E-state index in [1.165, 1.54) is 11.1 Å². The van der Waals surface area contributed by atoms with Crippen LogP contribution in [0.5, 0.6) is 0 Å². The molecule has 2 aromatic rings. The quantitative estimate of drug-likeness (QED) is 0.665. The molecule has 0 spiro atoms. The summed E-state index contributed by atoms with van der Waals surface area (Å²) in [6, 6.07) is 18.2. The zero-order chi connectivity index (χ0) is 18.8. The number of benzene rings is 2. The van der Waals surface area contributed by atoms with Gasteiger partial charge < -0.3 is 0 Å². The molecule has 2 unspecified atom stereocenters. The average Bonchev–Trinajstić information content (AvgIpc) is 3.07. The van der Waals surface area contributed by atoms with Gasteiger partial charge in [-0.15, -0.1) is 0 Å². The Morgan fingerprint density at radius 3 is 2.23 bits per heavy atom. The van der Waals surface area contributed by atoms with E-state index in [0.29, 0.717) is 6.42 Å². The molecule has 3 rings (SSSR count). The molecule has 2 nitrogen and oxygen atoms in total. The zero-order valence-corrected chi connectivity index (χ0v) is 16.1. The topological polar surface area (TPSA) is 29.4 Å². The van der Waals surface area contributed by atoms with Crippen LogP contribution >= 0.6 is 0 Å². The van der Waals surface area contributed by atoms with Crippen LogP contribution in [0.3, 0.4) is 0 Å². The highest BCUT2D eigenvalue weighted by Crippen LogP contribution is 2.33. The Labute approximate surface area is 156 Å². The van der Waals surface area contributed by atoms with Crippen LogP contribution in [0.2, 0.25) is 0 Å². The molecule has 26 heavy (non-hydrogen) atoms. The Morgan fingerprint density at radius 2 is 1.69 bits per heavy atom. The van der Waals surface area contributed by atoms with Crippen molar-refractivity contribution in [3.05, 3.63) is 83.4 Å². The molecule has 0 amide bonds. The molecule has 0 aromatic heterocycles. The lowest BCUT2D eigenvalue weighted by molar-refractivity contribution is 0.0882. The summed E-state index contributed by atoms with van der Waals surface area (Å²) < 4.78 is 0. The van der Waals surface area contributed by atoms with E-state index in [2.05, 4.69) is 50.0 Å². The molecular weight excluding hydrogens is 318 g/mol. The monoisotopic (exact) mass is 345 g/mol. The van der Waals surface area contributed by atoms with Gasteiger partial charge in [-0.1, -0.05) is 81.4 Å². The van der Waals surface area contributed by atoms with E-state index >= 15 is 0 Å². The summed E-state index contributed by atoms with van der Waals surface area (Å²) in [6.45, 7) is 8.68. The summed E-state index contributed by atoms with van der Waals surface area (Å²) >= 11 is 0. The second kappa shape index (κ2) is 7.03. The number of carbonyl (C=O) groups is 1. The van der Waals surface area contributed by atoms with Crippen LogP contribution in [0.15, 0.2) is 71.7 Å². The van der Waals surface area contributed by atoms with E-state index in [0.717, 1.165) is 5.56 Å². The van der Waals surface area contributed by atoms with E-state index in [1.807, 2.05) is 49.4 Å². The van der Waals surface area contributed by atoms with Gasteiger partial charge in [0, 0.05) is 11.8 Å². The molecule has 134 valence electrons. The maximum Gasteiger partial charge on any atom is 0.169 e. The Bertz CT molecular complexity index is 811. The van der Waals surface area contributed by atoms with Crippen molar-refractivity contribution in [2.75, 3.05) is 0 Å². The molecule has 1 aliphatic heterocycles. The van der Waals surface area contributed by atoms with Gasteiger partial charge in [-0.25, -0.2) is 0 Å². The molecule has 1 aliphatic rings. The summed E-state index contributed by atoms with van der Waals surface area (Å²) in [5, 5.41) is 0. The zero-order valence-electron chi connectivity index (χ0n) is 16.1. The number of hydrogen-bond donors (Lipinski definition) is 0. The molecule has 0 saturated carbocycles. The fraction of sp³-hybridized carbons (Fsp3) is 0.333. The third-order valence-electron chi connectivity index (χ3n) is 5.21. The summed E-state index contributed by atoms with van der Waals surface area (Å²) in [4.78, 5) is 17.9. The Morgan fingerprint density at radius 1 is 1.04 bits per heavy atom. The van der Waals surface area contributed by atoms with E-state index in [9.17, 15) is 4.79 Å². The molecular formula is C24H27NO. The van der Waals surface area contributed by atoms with Crippen LogP contribution in [0.1, 0.15) is 49.2 Å². The first-order valence-electron chi connectivity index (χ1n) is 9.21. The molecule has 1 heterocycles. The molecule has 0 aliphatic carbocycles. The highest BCUT2D eigenvalue weighted by atomic mass is 16.1. The standard InChI is InChI=1S/C24H27NO/c1-23(2,3)20-13-11-18(12-14-20)17-21(24(4)15-8-16-25-24)22(26)19-9-6-5-7-10-19/h5-16,21H,17H2,1-4H3. The SMILES string of the molecule is CC(C)(C)c1ccc(CC(C(=O)c2ccccc2)C2(C)C=CC=N2)cc1. The first-order chi connectivity index (χ1) is 12.3. The van der Waals surface area contributed by atoms with Gasteiger partial charge in [-0.05, 0) is 36.0 Å². The minimum atomic E-state index is -0.490. The minimum absolute atomic E-state index is 0.127. The average molecular weight is 345 g/mol. The lowest BCUT2D eigenvalue weighted by Crippen LogP contribution is -2.37. The Balaban J connectivity index is 1.91. The second-order valence-electron chi connectivity index (χ2n) is 8.30. The van der Waals surface area contributed by atoms with Crippen molar-refractivity contribution in [2.45, 2.75) is 45.1 Å². The number of aliphatic imine (C=N–C) groups is 1. The van der Waals surface area contributed by atoms with Gasteiger partial charge in [-0.3, -0.25) is 9.79 Å². The summed E-state index contributed by atoms with van der Waals surface area (Å²) in [5.41, 5.74) is 2.86. The summed E-state index contributed by atoms with van der Waals surface area (Å²) in [7, 11) is 0. The number of carbonyl (C=O) groups excluding carboxylic acids is 1. The fourth-order valence-electron chi connectivity index (χ4n) is 3.44. The fourth-order valence-corrected chi connectivity index (χ4v) is 3.44. The number of Topliss-reactive ketones (excluding diaryl/α,β-unsaturated/α-hetero) is 1. The van der Waals surface area contributed by atoms with Crippen LogP contribution in [0.4, 0.5) is 0 Å². The van der Waals surface area contributed by atoms with Crippen molar-refractivity contribution < 1.29 is 4.79 Å². The van der Waals surface area contributed by atoms with Crippen molar-refractivity contribution in [3.63, 3.8) is 0 Å². The van der Waals surface area contributed by atoms with E-state index in [1.54, 1.807) is 6.21 Å². The van der Waals surface area contributed by atoms with Crippen molar-refractivity contribution >= 4 is 12.0 Å². The third kappa shape index (κ3) is 3.85. The predicted molar refractivity (Wildman–Crippen MR) is 109 cm³/mol. The van der Waals surface area contributed by atoms with Crippen LogP contribution < -0.4 is 0 Å². The third-order valence-corrected chi connectivity index (χ3v) is 5.21. The lowest BCUT2D eigenvalue weighted by Gasteiger charge is -2.29. The molecule has 0 radical (unpaired) electrons. The maximum absolute atomic E-state index is 13.3. The number of allylic oxidation sites excluding steroid dienone is 1. The molecule has 2 atom stereocenters. The Kier molecular flexibility index (Phi) is 4.95. The van der Waals surface area contributed by atoms with Crippen LogP contribution in [0, 0.1) is 5.92 Å². The molecule has 0 fully saturated rings. The van der Waals surface area contributed by atoms with Gasteiger partial charge >= 0.3 is 0 Å². The first kappa shape index (κ1) is 18.3. The lowest BCUT2D eigenvalue weighted by atomic mass is 9.77. The van der Waals surface area contributed by atoms with Gasteiger partial charge in [0.15, 0.2) is 5.78 Å². The van der Waals surface area contributed by atoms with Crippen LogP contribution in [-0.2, 0) is 11.8 Å². The maximum atomic E-state index is 13.3. The van der Waals surface area contributed by atoms with Crippen LogP contribution in [0.25, 0.3) is 0 Å². The smallest absolute Gasteiger partial charge is 0.169 e. The van der Waals surface area contributed by atoms with Crippen molar-refractivity contribution in [1.82, 2.24) is 0 Å². The summed E-state index contributed by atoms with van der Waals surface area (Å²) in [6.07, 6.45) is 6.46. The second-order valence-corrected chi connectivity index (χ2v) is 8.30. The molecule has 2 aromatic carbocycles. The number of ketones is 1. The van der Waals surface area contributed by atoms with E-state index < -0.39 is 5.54 Å². The number of hydrogen-bond acceptors (Lipinski definition) is 2. The van der Waals surface area contributed by atoms with Gasteiger partial charge in [0.05, 0.1) is 11.5 Å². The van der Waals surface area contributed by atoms with E-state index in [-0.39, 0.29) is 17.1 Å². The normalized spacial score (nSPS) is 20.3. The van der Waals surface area contributed by atoms with Gasteiger partial charge in [0.25, 0.3) is 0 Å².